The summed E-state index contributed by atoms with van der Waals surface area (Å²) in [6.45, 7) is 4.80. The fraction of sp³-hybridized carbons (Fsp3) is 0.519. The zero-order valence-corrected chi connectivity index (χ0v) is 23.9. The number of guanidine groups is 1. The van der Waals surface area contributed by atoms with Crippen LogP contribution in [0.5, 0.6) is 0 Å². The Morgan fingerprint density at radius 2 is 1.67 bits per heavy atom. The highest BCUT2D eigenvalue weighted by Gasteiger charge is 2.37. The van der Waals surface area contributed by atoms with Crippen molar-refractivity contribution in [3.05, 3.63) is 52.2 Å². The van der Waals surface area contributed by atoms with Gasteiger partial charge in [0.15, 0.2) is 5.65 Å². The van der Waals surface area contributed by atoms with Crippen molar-refractivity contribution in [2.75, 3.05) is 25.0 Å². The maximum atomic E-state index is 13.6. The van der Waals surface area contributed by atoms with Gasteiger partial charge in [-0.05, 0) is 62.4 Å². The van der Waals surface area contributed by atoms with Crippen LogP contribution in [0.3, 0.4) is 0 Å². The van der Waals surface area contributed by atoms with E-state index in [1.807, 2.05) is 19.9 Å². The van der Waals surface area contributed by atoms with Crippen molar-refractivity contribution in [1.29, 1.82) is 0 Å². The van der Waals surface area contributed by atoms with Crippen LogP contribution in [0.1, 0.15) is 54.1 Å². The van der Waals surface area contributed by atoms with E-state index >= 15 is 0 Å². The van der Waals surface area contributed by atoms with Gasteiger partial charge in [0.1, 0.15) is 5.82 Å². The maximum absolute atomic E-state index is 13.6. The van der Waals surface area contributed by atoms with Crippen molar-refractivity contribution in [3.8, 4) is 0 Å². The summed E-state index contributed by atoms with van der Waals surface area (Å²) in [5, 5.41) is 10.1. The van der Waals surface area contributed by atoms with Gasteiger partial charge < -0.3 is 15.5 Å². The van der Waals surface area contributed by atoms with Crippen LogP contribution in [-0.2, 0) is 32.5 Å². The Bertz CT molecular complexity index is 1410. The minimum atomic E-state index is -4.99. The molecule has 2 aromatic heterocycles. The van der Waals surface area contributed by atoms with Crippen LogP contribution < -0.4 is 16.5 Å². The number of hydrogen-bond donors (Lipinski definition) is 2. The minimum absolute atomic E-state index is 0.0193. The van der Waals surface area contributed by atoms with E-state index in [1.54, 1.807) is 11.7 Å². The lowest BCUT2D eigenvalue weighted by Gasteiger charge is -2.34. The summed E-state index contributed by atoms with van der Waals surface area (Å²) in [5.41, 5.74) is 5.21. The number of benzene rings is 1. The van der Waals surface area contributed by atoms with Gasteiger partial charge >= 0.3 is 12.4 Å². The van der Waals surface area contributed by atoms with Crippen LogP contribution in [0.25, 0.3) is 11.0 Å². The van der Waals surface area contributed by atoms with Crippen molar-refractivity contribution in [2.45, 2.75) is 58.6 Å². The molecule has 0 amide bonds. The molecule has 1 aliphatic rings. The molecule has 0 bridgehead atoms. The van der Waals surface area contributed by atoms with Crippen molar-refractivity contribution in [3.63, 3.8) is 0 Å². The molecule has 15 heteroatoms. The number of aryl methyl sites for hydroxylation is 2. The molecule has 2 heterocycles. The molecule has 0 radical (unpaired) electrons. The number of hydrazone groups is 1. The first kappa shape index (κ1) is 31.2. The largest absolute Gasteiger partial charge is 0.416 e. The third kappa shape index (κ3) is 6.99. The topological polar surface area (TPSA) is 105 Å². The van der Waals surface area contributed by atoms with Crippen LogP contribution in [0.2, 0.25) is 0 Å². The van der Waals surface area contributed by atoms with E-state index in [4.69, 9.17) is 16.6 Å². The molecule has 0 saturated heterocycles. The molecule has 1 fully saturated rings. The molecule has 42 heavy (non-hydrogen) atoms. The monoisotopic (exact) mass is 599 g/mol. The van der Waals surface area contributed by atoms with Crippen molar-refractivity contribution >= 4 is 22.8 Å². The minimum Gasteiger partial charge on any atom is -0.368 e. The number of nitrogens with two attached hydrogens (primary N) is 2. The van der Waals surface area contributed by atoms with Crippen molar-refractivity contribution < 1.29 is 26.3 Å². The van der Waals surface area contributed by atoms with Gasteiger partial charge in [0, 0.05) is 51.2 Å². The first-order chi connectivity index (χ1) is 19.6. The number of hydrazine groups is 1. The van der Waals surface area contributed by atoms with Gasteiger partial charge in [-0.15, -0.1) is 5.10 Å². The second kappa shape index (κ2) is 11.9. The highest BCUT2D eigenvalue weighted by Crippen LogP contribution is 2.37. The van der Waals surface area contributed by atoms with Crippen LogP contribution >= 0.6 is 0 Å². The Morgan fingerprint density at radius 1 is 1.05 bits per heavy atom. The third-order valence-electron chi connectivity index (χ3n) is 7.41. The SMILES string of the molecule is CCN(CC1CCC1)c1nc2c(cc1CN(Cc1cc(C(F)(F)F)cc(C(F)(F)F)c1)/C(N)=N/N(C)N)c(C)nn2C. The first-order valence-electron chi connectivity index (χ1n) is 13.5. The summed E-state index contributed by atoms with van der Waals surface area (Å²) < 4.78 is 83.2. The fourth-order valence-electron chi connectivity index (χ4n) is 5.10. The Hall–Kier alpha value is -3.75. The van der Waals surface area contributed by atoms with E-state index in [-0.39, 0.29) is 24.1 Å². The zero-order chi connectivity index (χ0) is 31.0. The highest BCUT2D eigenvalue weighted by atomic mass is 19.4. The molecule has 0 aliphatic heterocycles. The Labute approximate surface area is 239 Å². The second-order valence-electron chi connectivity index (χ2n) is 10.7. The Morgan fingerprint density at radius 3 is 2.17 bits per heavy atom. The first-order valence-corrected chi connectivity index (χ1v) is 13.5. The predicted molar refractivity (Wildman–Crippen MR) is 148 cm³/mol. The van der Waals surface area contributed by atoms with Gasteiger partial charge in [-0.25, -0.2) is 15.9 Å². The lowest BCUT2D eigenvalue weighted by molar-refractivity contribution is -0.143. The van der Waals surface area contributed by atoms with E-state index in [1.165, 1.54) is 11.9 Å². The quantitative estimate of drug-likeness (QED) is 0.118. The fourth-order valence-corrected chi connectivity index (χ4v) is 5.10. The van der Waals surface area contributed by atoms with Gasteiger partial charge in [-0.1, -0.05) is 6.42 Å². The lowest BCUT2D eigenvalue weighted by atomic mass is 9.85. The summed E-state index contributed by atoms with van der Waals surface area (Å²) in [6.07, 6.45) is -6.61. The molecule has 230 valence electrons. The number of halogens is 6. The molecule has 4 rings (SSSR count). The van der Waals surface area contributed by atoms with Crippen LogP contribution in [0.4, 0.5) is 32.2 Å². The molecular weight excluding hydrogens is 564 g/mol. The average Bonchev–Trinajstić information content (AvgIpc) is 3.13. The van der Waals surface area contributed by atoms with E-state index < -0.39 is 30.0 Å². The predicted octanol–water partition coefficient (Wildman–Crippen LogP) is 4.98. The summed E-state index contributed by atoms with van der Waals surface area (Å²) in [6, 6.07) is 3.36. The zero-order valence-electron chi connectivity index (χ0n) is 23.9. The number of aromatic nitrogens is 3. The van der Waals surface area contributed by atoms with E-state index in [0.717, 1.165) is 42.0 Å². The number of rotatable bonds is 9. The third-order valence-corrected chi connectivity index (χ3v) is 7.41. The normalized spacial score (nSPS) is 14.8. The second-order valence-corrected chi connectivity index (χ2v) is 10.7. The number of fused-ring (bicyclic) bond motifs is 1. The van der Waals surface area contributed by atoms with Gasteiger partial charge in [0.05, 0.1) is 16.8 Å². The molecule has 3 aromatic rings. The number of anilines is 1. The van der Waals surface area contributed by atoms with E-state index in [2.05, 4.69) is 15.1 Å². The summed E-state index contributed by atoms with van der Waals surface area (Å²) in [5.74, 6) is 6.61. The van der Waals surface area contributed by atoms with Gasteiger partial charge in [0.2, 0.25) is 5.96 Å². The molecule has 1 aliphatic carbocycles. The Kier molecular flexibility index (Phi) is 8.81. The smallest absolute Gasteiger partial charge is 0.368 e. The van der Waals surface area contributed by atoms with E-state index in [9.17, 15) is 26.3 Å². The van der Waals surface area contributed by atoms with Gasteiger partial charge in [-0.2, -0.15) is 31.4 Å². The molecule has 0 atom stereocenters. The lowest BCUT2D eigenvalue weighted by Crippen LogP contribution is -2.40. The number of hydrogen-bond acceptors (Lipinski definition) is 6. The van der Waals surface area contributed by atoms with Crippen LogP contribution in [0.15, 0.2) is 29.4 Å². The van der Waals surface area contributed by atoms with Crippen molar-refractivity contribution in [1.82, 2.24) is 24.8 Å². The number of nitrogens with zero attached hydrogens (tertiary/aromatic N) is 7. The summed E-state index contributed by atoms with van der Waals surface area (Å²) in [4.78, 5) is 8.45. The van der Waals surface area contributed by atoms with Crippen LogP contribution in [0, 0.1) is 12.8 Å². The van der Waals surface area contributed by atoms with Crippen molar-refractivity contribution in [2.24, 2.45) is 29.6 Å². The maximum Gasteiger partial charge on any atom is 0.416 e. The van der Waals surface area contributed by atoms with Gasteiger partial charge in [0.25, 0.3) is 0 Å². The molecule has 1 saturated carbocycles. The summed E-state index contributed by atoms with van der Waals surface area (Å²) >= 11 is 0. The molecule has 0 spiro atoms. The summed E-state index contributed by atoms with van der Waals surface area (Å²) in [7, 11) is 3.18. The number of alkyl halides is 6. The highest BCUT2D eigenvalue weighted by molar-refractivity contribution is 5.82. The standard InChI is InChI=1S/C27H35F6N9/c1-5-41(13-17-7-6-8-17)23-19(11-22-16(2)37-39(3)24(22)36-23)15-42(25(34)38-40(4)35)14-18-9-20(26(28,29)30)12-21(10-18)27(31,32)33/h9-12,17H,5-8,13-15,35H2,1-4H3,(H2,34,38). The Balaban J connectivity index is 1.82. The van der Waals surface area contributed by atoms with Gasteiger partial charge in [-0.3, -0.25) is 4.68 Å². The molecule has 9 nitrogen and oxygen atoms in total. The molecular formula is C27H35F6N9. The average molecular weight is 600 g/mol. The molecule has 1 aromatic carbocycles. The number of pyridine rings is 1. The molecule has 0 unspecified atom stereocenters. The molecule has 4 N–H and O–H groups in total. The van der Waals surface area contributed by atoms with Crippen LogP contribution in [-0.4, -0.2) is 50.9 Å². The van der Waals surface area contributed by atoms with E-state index in [0.29, 0.717) is 41.6 Å².